The van der Waals surface area contributed by atoms with Crippen molar-refractivity contribution in [1.29, 1.82) is 0 Å². The molecular formula is C18H23NO5S2. The van der Waals surface area contributed by atoms with Gasteiger partial charge in [0.15, 0.2) is 11.5 Å². The highest BCUT2D eigenvalue weighted by Crippen LogP contribution is 2.40. The highest BCUT2D eigenvalue weighted by Gasteiger charge is 2.39. The molecule has 0 N–H and O–H groups in total. The Balaban J connectivity index is 1.97. The van der Waals surface area contributed by atoms with Crippen LogP contribution in [0, 0.1) is 6.92 Å². The number of nitrogens with zero attached hydrogens (tertiary/aromatic N) is 1. The molecule has 142 valence electrons. The van der Waals surface area contributed by atoms with E-state index in [0.29, 0.717) is 21.5 Å². The van der Waals surface area contributed by atoms with Crippen LogP contribution in [0.2, 0.25) is 0 Å². The van der Waals surface area contributed by atoms with Gasteiger partial charge in [-0.15, -0.1) is 11.3 Å². The molecule has 3 rings (SSSR count). The number of methoxy groups -OCH3 is 3. The summed E-state index contributed by atoms with van der Waals surface area (Å²) < 4.78 is 44.3. The molecule has 0 spiro atoms. The molecule has 1 aromatic heterocycles. The minimum atomic E-state index is -3.53. The molecule has 0 saturated heterocycles. The first-order chi connectivity index (χ1) is 12.4. The van der Waals surface area contributed by atoms with Gasteiger partial charge in [-0.25, -0.2) is 8.42 Å². The van der Waals surface area contributed by atoms with E-state index in [9.17, 15) is 8.42 Å². The van der Waals surface area contributed by atoms with E-state index in [1.165, 1.54) is 11.3 Å². The molecule has 1 aliphatic rings. The average Bonchev–Trinajstić information content (AvgIpc) is 3.37. The first-order valence-electron chi connectivity index (χ1n) is 8.28. The van der Waals surface area contributed by atoms with Crippen LogP contribution in [0.25, 0.3) is 0 Å². The standard InChI is InChI=1S/C18H23NO5S2/c1-12-5-8-17(25-12)26(20,21)19(14-6-7-14)11-13-9-15(22-2)18(24-4)16(10-13)23-3/h5,8-10,14H,6-7,11H2,1-4H3. The van der Waals surface area contributed by atoms with E-state index < -0.39 is 10.0 Å². The molecule has 1 aliphatic carbocycles. The Bertz CT molecular complexity index is 862. The van der Waals surface area contributed by atoms with Gasteiger partial charge in [0.25, 0.3) is 10.0 Å². The molecule has 6 nitrogen and oxygen atoms in total. The Morgan fingerprint density at radius 1 is 1.08 bits per heavy atom. The zero-order valence-corrected chi connectivity index (χ0v) is 16.9. The molecule has 2 aromatic rings. The summed E-state index contributed by atoms with van der Waals surface area (Å²) in [5, 5.41) is 0. The van der Waals surface area contributed by atoms with Crippen molar-refractivity contribution in [3.8, 4) is 17.2 Å². The average molecular weight is 398 g/mol. The fourth-order valence-electron chi connectivity index (χ4n) is 2.85. The topological polar surface area (TPSA) is 65.1 Å². The highest BCUT2D eigenvalue weighted by molar-refractivity contribution is 7.91. The van der Waals surface area contributed by atoms with Crippen molar-refractivity contribution in [2.45, 2.75) is 36.6 Å². The van der Waals surface area contributed by atoms with Gasteiger partial charge in [-0.1, -0.05) is 0 Å². The zero-order valence-electron chi connectivity index (χ0n) is 15.3. The Morgan fingerprint density at radius 3 is 2.12 bits per heavy atom. The summed E-state index contributed by atoms with van der Waals surface area (Å²) in [7, 11) is 1.10. The lowest BCUT2D eigenvalue weighted by Crippen LogP contribution is -2.32. The summed E-state index contributed by atoms with van der Waals surface area (Å²) in [6, 6.07) is 7.15. The van der Waals surface area contributed by atoms with Crippen molar-refractivity contribution < 1.29 is 22.6 Å². The van der Waals surface area contributed by atoms with Gasteiger partial charge in [-0.05, 0) is 49.6 Å². The number of thiophene rings is 1. The SMILES string of the molecule is COc1cc(CN(C2CC2)S(=O)(=O)c2ccc(C)s2)cc(OC)c1OC. The molecule has 26 heavy (non-hydrogen) atoms. The van der Waals surface area contributed by atoms with Crippen molar-refractivity contribution >= 4 is 21.4 Å². The van der Waals surface area contributed by atoms with E-state index in [1.807, 2.05) is 13.0 Å². The Labute approximate surface area is 158 Å². The minimum Gasteiger partial charge on any atom is -0.493 e. The maximum atomic E-state index is 13.1. The summed E-state index contributed by atoms with van der Waals surface area (Å²) in [5.74, 6) is 1.53. The van der Waals surface area contributed by atoms with Crippen LogP contribution in [-0.2, 0) is 16.6 Å². The van der Waals surface area contributed by atoms with E-state index in [2.05, 4.69) is 0 Å². The maximum Gasteiger partial charge on any atom is 0.253 e. The molecule has 0 aliphatic heterocycles. The van der Waals surface area contributed by atoms with Crippen LogP contribution < -0.4 is 14.2 Å². The van der Waals surface area contributed by atoms with Crippen LogP contribution in [0.4, 0.5) is 0 Å². The smallest absolute Gasteiger partial charge is 0.253 e. The van der Waals surface area contributed by atoms with Crippen molar-refractivity contribution in [2.75, 3.05) is 21.3 Å². The molecule has 0 unspecified atom stereocenters. The van der Waals surface area contributed by atoms with E-state index in [-0.39, 0.29) is 12.6 Å². The number of aryl methyl sites for hydroxylation is 1. The number of sulfonamides is 1. The molecule has 0 atom stereocenters. The number of benzene rings is 1. The quantitative estimate of drug-likeness (QED) is 0.683. The van der Waals surface area contributed by atoms with Gasteiger partial charge in [0.05, 0.1) is 21.3 Å². The Morgan fingerprint density at radius 2 is 1.69 bits per heavy atom. The van der Waals surface area contributed by atoms with E-state index in [4.69, 9.17) is 14.2 Å². The lowest BCUT2D eigenvalue weighted by Gasteiger charge is -2.22. The molecular weight excluding hydrogens is 374 g/mol. The summed E-state index contributed by atoms with van der Waals surface area (Å²) in [5.41, 5.74) is 0.795. The predicted molar refractivity (Wildman–Crippen MR) is 101 cm³/mol. The maximum absolute atomic E-state index is 13.1. The van der Waals surface area contributed by atoms with Crippen LogP contribution in [0.1, 0.15) is 23.3 Å². The molecule has 0 amide bonds. The van der Waals surface area contributed by atoms with Gasteiger partial charge in [0, 0.05) is 17.5 Å². The van der Waals surface area contributed by atoms with Crippen LogP contribution >= 0.6 is 11.3 Å². The molecule has 0 radical (unpaired) electrons. The summed E-state index contributed by atoms with van der Waals surface area (Å²) in [4.78, 5) is 0.979. The lowest BCUT2D eigenvalue weighted by molar-refractivity contribution is 0.322. The fraction of sp³-hybridized carbons (Fsp3) is 0.444. The lowest BCUT2D eigenvalue weighted by atomic mass is 10.1. The van der Waals surface area contributed by atoms with E-state index in [1.54, 1.807) is 43.8 Å². The second-order valence-corrected chi connectivity index (χ2v) is 9.59. The van der Waals surface area contributed by atoms with Crippen LogP contribution in [0.5, 0.6) is 17.2 Å². The van der Waals surface area contributed by atoms with Crippen LogP contribution in [-0.4, -0.2) is 40.1 Å². The molecule has 1 aromatic carbocycles. The third-order valence-electron chi connectivity index (χ3n) is 4.30. The summed E-state index contributed by atoms with van der Waals surface area (Å²) >= 11 is 1.30. The van der Waals surface area contributed by atoms with Crippen LogP contribution in [0.15, 0.2) is 28.5 Å². The predicted octanol–water partition coefficient (Wildman–Crippen LogP) is 3.44. The van der Waals surface area contributed by atoms with Gasteiger partial charge < -0.3 is 14.2 Å². The van der Waals surface area contributed by atoms with E-state index >= 15 is 0 Å². The van der Waals surface area contributed by atoms with Crippen molar-refractivity contribution in [1.82, 2.24) is 4.31 Å². The summed E-state index contributed by atoms with van der Waals surface area (Å²) in [6.45, 7) is 2.17. The van der Waals surface area contributed by atoms with Gasteiger partial charge >= 0.3 is 0 Å². The number of rotatable bonds is 8. The van der Waals surface area contributed by atoms with Gasteiger partial charge in [-0.2, -0.15) is 4.31 Å². The minimum absolute atomic E-state index is 0.0431. The zero-order chi connectivity index (χ0) is 18.9. The Kier molecular flexibility index (Phi) is 5.45. The molecule has 8 heteroatoms. The molecule has 0 bridgehead atoms. The normalized spacial score (nSPS) is 14.5. The van der Waals surface area contributed by atoms with Gasteiger partial charge in [-0.3, -0.25) is 0 Å². The van der Waals surface area contributed by atoms with Crippen molar-refractivity contribution in [3.05, 3.63) is 34.7 Å². The molecule has 1 heterocycles. The fourth-order valence-corrected chi connectivity index (χ4v) is 5.93. The third-order valence-corrected chi connectivity index (χ3v) is 7.66. The summed E-state index contributed by atoms with van der Waals surface area (Å²) in [6.07, 6.45) is 1.77. The third kappa shape index (κ3) is 3.67. The van der Waals surface area contributed by atoms with Gasteiger partial charge in [0.2, 0.25) is 5.75 Å². The second-order valence-electron chi connectivity index (χ2n) is 6.18. The first-order valence-corrected chi connectivity index (χ1v) is 10.5. The van der Waals surface area contributed by atoms with Crippen molar-refractivity contribution in [2.24, 2.45) is 0 Å². The highest BCUT2D eigenvalue weighted by atomic mass is 32.2. The first kappa shape index (κ1) is 19.0. The number of hydrogen-bond donors (Lipinski definition) is 0. The second kappa shape index (κ2) is 7.46. The number of hydrogen-bond acceptors (Lipinski definition) is 6. The van der Waals surface area contributed by atoms with E-state index in [0.717, 1.165) is 23.3 Å². The largest absolute Gasteiger partial charge is 0.493 e. The molecule has 1 fully saturated rings. The Hall–Kier alpha value is -1.77. The number of ether oxygens (including phenoxy) is 3. The molecule has 1 saturated carbocycles. The van der Waals surface area contributed by atoms with Crippen molar-refractivity contribution in [3.63, 3.8) is 0 Å². The monoisotopic (exact) mass is 397 g/mol. The van der Waals surface area contributed by atoms with Gasteiger partial charge in [0.1, 0.15) is 4.21 Å². The van der Waals surface area contributed by atoms with Crippen LogP contribution in [0.3, 0.4) is 0 Å².